The SMILES string of the molecule is C1=Cc2ccccc2N=[As]1. The van der Waals surface area contributed by atoms with E-state index in [1.54, 1.807) is 0 Å². The van der Waals surface area contributed by atoms with Crippen LogP contribution in [0.25, 0.3) is 6.08 Å². The molecule has 1 aromatic carbocycles. The molecule has 2 rings (SSSR count). The molecular formula is C8H6AsN. The van der Waals surface area contributed by atoms with Gasteiger partial charge in [0.2, 0.25) is 0 Å². The second-order valence-corrected chi connectivity index (χ2v) is 3.62. The van der Waals surface area contributed by atoms with Gasteiger partial charge < -0.3 is 0 Å². The van der Waals surface area contributed by atoms with Crippen molar-refractivity contribution in [3.05, 3.63) is 34.7 Å². The Balaban J connectivity index is 2.65. The fourth-order valence-corrected chi connectivity index (χ4v) is 2.19. The van der Waals surface area contributed by atoms with Crippen molar-refractivity contribution in [3.63, 3.8) is 0 Å². The van der Waals surface area contributed by atoms with Gasteiger partial charge in [-0.15, -0.1) is 0 Å². The minimum atomic E-state index is 0.0972. The molecule has 1 aliphatic rings. The third-order valence-electron chi connectivity index (χ3n) is 1.42. The maximum absolute atomic E-state index is 4.40. The van der Waals surface area contributed by atoms with Crippen LogP contribution in [0.3, 0.4) is 0 Å². The van der Waals surface area contributed by atoms with Gasteiger partial charge in [0.15, 0.2) is 0 Å². The third-order valence-corrected chi connectivity index (χ3v) is 2.71. The molecular weight excluding hydrogens is 185 g/mol. The Labute approximate surface area is 66.3 Å². The zero-order chi connectivity index (χ0) is 6.81. The van der Waals surface area contributed by atoms with Gasteiger partial charge in [0.05, 0.1) is 0 Å². The van der Waals surface area contributed by atoms with Crippen molar-refractivity contribution >= 4 is 27.3 Å². The van der Waals surface area contributed by atoms with Crippen LogP contribution in [-0.2, 0) is 0 Å². The molecule has 0 spiro atoms. The second kappa shape index (κ2) is 2.51. The van der Waals surface area contributed by atoms with E-state index in [2.05, 4.69) is 26.9 Å². The first-order valence-electron chi connectivity index (χ1n) is 3.13. The Morgan fingerprint density at radius 3 is 3.00 bits per heavy atom. The molecule has 0 atom stereocenters. The van der Waals surface area contributed by atoms with Crippen LogP contribution in [0.4, 0.5) is 5.69 Å². The van der Waals surface area contributed by atoms with Crippen molar-refractivity contribution in [3.8, 4) is 0 Å². The monoisotopic (exact) mass is 191 g/mol. The van der Waals surface area contributed by atoms with Gasteiger partial charge >= 0.3 is 65.9 Å². The number of hydrogen-bond donors (Lipinski definition) is 0. The summed E-state index contributed by atoms with van der Waals surface area (Å²) in [5.74, 6) is 0. The molecule has 0 N–H and O–H groups in total. The zero-order valence-electron chi connectivity index (χ0n) is 5.36. The van der Waals surface area contributed by atoms with Crippen LogP contribution in [0.15, 0.2) is 33.0 Å². The topological polar surface area (TPSA) is 12.4 Å². The van der Waals surface area contributed by atoms with Gasteiger partial charge in [-0.05, 0) is 0 Å². The third kappa shape index (κ3) is 0.974. The summed E-state index contributed by atoms with van der Waals surface area (Å²) < 4.78 is 4.40. The molecule has 2 heteroatoms. The molecule has 0 aromatic heterocycles. The van der Waals surface area contributed by atoms with Gasteiger partial charge in [-0.1, -0.05) is 0 Å². The quantitative estimate of drug-likeness (QED) is 0.557. The van der Waals surface area contributed by atoms with Crippen molar-refractivity contribution in [1.82, 2.24) is 0 Å². The van der Waals surface area contributed by atoms with Gasteiger partial charge in [-0.25, -0.2) is 0 Å². The summed E-state index contributed by atoms with van der Waals surface area (Å²) in [6.07, 6.45) is 2.16. The van der Waals surface area contributed by atoms with Crippen LogP contribution in [0, 0.1) is 0 Å². The van der Waals surface area contributed by atoms with Crippen LogP contribution in [0.1, 0.15) is 5.56 Å². The Morgan fingerprint density at radius 2 is 2.10 bits per heavy atom. The number of benzene rings is 1. The van der Waals surface area contributed by atoms with Crippen molar-refractivity contribution in [2.24, 2.45) is 3.86 Å². The maximum atomic E-state index is 4.40. The Morgan fingerprint density at radius 1 is 1.20 bits per heavy atom. The summed E-state index contributed by atoms with van der Waals surface area (Å²) in [7, 11) is 0. The molecule has 0 fully saturated rings. The van der Waals surface area contributed by atoms with E-state index in [4.69, 9.17) is 0 Å². The van der Waals surface area contributed by atoms with E-state index in [-0.39, 0.29) is 15.6 Å². The predicted octanol–water partition coefficient (Wildman–Crippen LogP) is 2.19. The predicted molar refractivity (Wildman–Crippen MR) is 43.3 cm³/mol. The average molecular weight is 191 g/mol. The van der Waals surface area contributed by atoms with Crippen LogP contribution in [0.5, 0.6) is 0 Å². The molecule has 0 aliphatic carbocycles. The van der Waals surface area contributed by atoms with Gasteiger partial charge in [0, 0.05) is 0 Å². The molecule has 1 aliphatic heterocycles. The van der Waals surface area contributed by atoms with Crippen molar-refractivity contribution in [1.29, 1.82) is 0 Å². The normalized spacial score (nSPS) is 14.8. The molecule has 1 nitrogen and oxygen atoms in total. The van der Waals surface area contributed by atoms with E-state index in [1.807, 2.05) is 12.1 Å². The first-order valence-corrected chi connectivity index (χ1v) is 5.05. The number of nitrogens with zero attached hydrogens (tertiary/aromatic N) is 1. The van der Waals surface area contributed by atoms with Crippen LogP contribution in [-0.4, -0.2) is 15.6 Å². The molecule has 10 heavy (non-hydrogen) atoms. The summed E-state index contributed by atoms with van der Waals surface area (Å²) >= 11 is 0.0972. The molecule has 0 unspecified atom stereocenters. The second-order valence-electron chi connectivity index (χ2n) is 2.09. The van der Waals surface area contributed by atoms with E-state index in [0.717, 1.165) is 5.69 Å². The number of hydrogen-bond acceptors (Lipinski definition) is 1. The van der Waals surface area contributed by atoms with E-state index >= 15 is 0 Å². The first kappa shape index (κ1) is 6.06. The van der Waals surface area contributed by atoms with Crippen LogP contribution in [0.2, 0.25) is 0 Å². The summed E-state index contributed by atoms with van der Waals surface area (Å²) in [6.45, 7) is 0. The van der Waals surface area contributed by atoms with Crippen molar-refractivity contribution < 1.29 is 0 Å². The van der Waals surface area contributed by atoms with E-state index < -0.39 is 0 Å². The summed E-state index contributed by atoms with van der Waals surface area (Å²) in [4.78, 5) is 2.17. The Kier molecular flexibility index (Phi) is 1.52. The van der Waals surface area contributed by atoms with Crippen molar-refractivity contribution in [2.45, 2.75) is 0 Å². The fraction of sp³-hybridized carbons (Fsp3) is 0. The minimum absolute atomic E-state index is 0.0972. The van der Waals surface area contributed by atoms with E-state index in [9.17, 15) is 0 Å². The molecule has 48 valence electrons. The molecule has 0 radical (unpaired) electrons. The molecule has 1 aromatic rings. The van der Waals surface area contributed by atoms with Gasteiger partial charge in [-0.2, -0.15) is 0 Å². The Bertz CT molecular complexity index is 271. The summed E-state index contributed by atoms with van der Waals surface area (Å²) in [6, 6.07) is 8.23. The summed E-state index contributed by atoms with van der Waals surface area (Å²) in [5, 5.41) is 0. The van der Waals surface area contributed by atoms with Crippen LogP contribution >= 0.6 is 0 Å². The van der Waals surface area contributed by atoms with Gasteiger partial charge in [-0.3, -0.25) is 0 Å². The molecule has 0 saturated heterocycles. The van der Waals surface area contributed by atoms with Gasteiger partial charge in [0.1, 0.15) is 0 Å². The first-order chi connectivity index (χ1) is 4.97. The van der Waals surface area contributed by atoms with E-state index in [0.29, 0.717) is 0 Å². The molecule has 1 heterocycles. The number of rotatable bonds is 0. The summed E-state index contributed by atoms with van der Waals surface area (Å²) in [5.41, 5.74) is 2.41. The molecule has 0 saturated carbocycles. The van der Waals surface area contributed by atoms with Crippen LogP contribution < -0.4 is 0 Å². The Hall–Kier alpha value is -0.682. The van der Waals surface area contributed by atoms with Gasteiger partial charge in [0.25, 0.3) is 0 Å². The molecule has 0 amide bonds. The number of fused-ring (bicyclic) bond motifs is 1. The standard InChI is InChI=1S/C8H6AsN/c1-2-4-8-7(3-1)5-6-9-10-8/h1-6H. The van der Waals surface area contributed by atoms with Crippen molar-refractivity contribution in [2.75, 3.05) is 0 Å². The van der Waals surface area contributed by atoms with E-state index in [1.165, 1.54) is 5.56 Å². The average Bonchev–Trinajstić information content (AvgIpc) is 2.05. The fourth-order valence-electron chi connectivity index (χ4n) is 0.929. The zero-order valence-corrected chi connectivity index (χ0v) is 7.24. The molecule has 0 bridgehead atoms.